The minimum Gasteiger partial charge on any atom is -0.359 e. The Morgan fingerprint density at radius 2 is 1.64 bits per heavy atom. The maximum atomic E-state index is 13.7. The molecule has 47 heavy (non-hydrogen) atoms. The predicted octanol–water partition coefficient (Wildman–Crippen LogP) is 7.61. The van der Waals surface area contributed by atoms with Crippen molar-refractivity contribution in [3.8, 4) is 22.5 Å². The Morgan fingerprint density at radius 1 is 0.872 bits per heavy atom. The number of hydrogen-bond acceptors (Lipinski definition) is 7. The maximum absolute atomic E-state index is 13.7. The molecule has 0 unspecified atom stereocenters. The zero-order valence-electron chi connectivity index (χ0n) is 26.8. The van der Waals surface area contributed by atoms with Gasteiger partial charge in [0.2, 0.25) is 11.7 Å². The number of amides is 1. The van der Waals surface area contributed by atoms with E-state index in [4.69, 9.17) is 9.72 Å². The van der Waals surface area contributed by atoms with Crippen LogP contribution < -0.4 is 4.90 Å². The van der Waals surface area contributed by atoms with Crippen molar-refractivity contribution >= 4 is 53.2 Å². The van der Waals surface area contributed by atoms with Gasteiger partial charge in [-0.25, -0.2) is 4.98 Å². The van der Waals surface area contributed by atoms with E-state index in [9.17, 15) is 9.59 Å². The van der Waals surface area contributed by atoms with Crippen molar-refractivity contribution in [2.75, 3.05) is 11.5 Å². The average molecular weight is 639 g/mol. The molecule has 0 saturated carbocycles. The highest BCUT2D eigenvalue weighted by Gasteiger charge is 2.34. The van der Waals surface area contributed by atoms with Gasteiger partial charge in [-0.2, -0.15) is 4.68 Å². The van der Waals surface area contributed by atoms with Gasteiger partial charge in [0.05, 0.1) is 22.6 Å². The summed E-state index contributed by atoms with van der Waals surface area (Å²) in [6.45, 7) is 9.35. The highest BCUT2D eigenvalue weighted by molar-refractivity contribution is 6.76. The summed E-state index contributed by atoms with van der Waals surface area (Å²) in [5.41, 5.74) is 5.29. The van der Waals surface area contributed by atoms with E-state index in [1.54, 1.807) is 29.0 Å². The van der Waals surface area contributed by atoms with Crippen molar-refractivity contribution in [2.24, 2.45) is 0 Å². The minimum atomic E-state index is -1.22. The summed E-state index contributed by atoms with van der Waals surface area (Å²) in [5, 5.41) is 15.4. The van der Waals surface area contributed by atoms with Crippen molar-refractivity contribution in [2.45, 2.75) is 39.3 Å². The molecule has 0 fully saturated rings. The number of carbonyl (C=O) groups excluding carboxylic acids is 2. The molecule has 3 heterocycles. The third-order valence-electron chi connectivity index (χ3n) is 8.38. The molecule has 0 atom stereocenters. The lowest BCUT2D eigenvalue weighted by Gasteiger charge is -2.17. The summed E-state index contributed by atoms with van der Waals surface area (Å²) in [5.74, 6) is 0.147. The van der Waals surface area contributed by atoms with Crippen LogP contribution in [0.4, 0.5) is 5.69 Å². The highest BCUT2D eigenvalue weighted by atomic mass is 28.3. The fourth-order valence-corrected chi connectivity index (χ4v) is 6.73. The molecule has 0 aliphatic carbocycles. The summed E-state index contributed by atoms with van der Waals surface area (Å²) in [7, 11) is -1.22. The predicted molar refractivity (Wildman–Crippen MR) is 188 cm³/mol. The lowest BCUT2D eigenvalue weighted by molar-refractivity contribution is -0.116. The molecule has 234 valence electrons. The van der Waals surface area contributed by atoms with E-state index in [2.05, 4.69) is 65.5 Å². The number of ether oxygens (including phenoxy) is 1. The second-order valence-electron chi connectivity index (χ2n) is 12.9. The molecule has 4 aromatic carbocycles. The molecule has 0 spiro atoms. The number of tetrazole rings is 1. The molecule has 2 aromatic heterocycles. The fraction of sp³-hybridized carbons (Fsp3) is 0.189. The third kappa shape index (κ3) is 5.89. The first-order valence-electron chi connectivity index (χ1n) is 15.6. The summed E-state index contributed by atoms with van der Waals surface area (Å²) < 4.78 is 7.61. The first-order valence-corrected chi connectivity index (χ1v) is 19.3. The van der Waals surface area contributed by atoms with Crippen molar-refractivity contribution < 1.29 is 14.3 Å². The molecule has 0 N–H and O–H groups in total. The monoisotopic (exact) mass is 638 g/mol. The number of carbonyl (C=O) groups is 2. The lowest BCUT2D eigenvalue weighted by Crippen LogP contribution is -2.25. The van der Waals surface area contributed by atoms with Gasteiger partial charge in [0, 0.05) is 43.7 Å². The van der Waals surface area contributed by atoms with Gasteiger partial charge in [-0.1, -0.05) is 74.2 Å². The van der Waals surface area contributed by atoms with E-state index in [-0.39, 0.29) is 24.1 Å². The average Bonchev–Trinajstić information content (AvgIpc) is 3.64. The number of hydrogen-bond donors (Lipinski definition) is 0. The van der Waals surface area contributed by atoms with E-state index < -0.39 is 8.07 Å². The summed E-state index contributed by atoms with van der Waals surface area (Å²) >= 11 is 0. The Morgan fingerprint density at radius 3 is 2.47 bits per heavy atom. The normalized spacial score (nSPS) is 14.0. The maximum Gasteiger partial charge on any atom is 0.228 e. The van der Waals surface area contributed by atoms with Crippen LogP contribution in [0, 0.1) is 0 Å². The van der Waals surface area contributed by atoms with Crippen molar-refractivity contribution in [1.82, 2.24) is 25.2 Å². The Balaban J connectivity index is 1.36. The van der Waals surface area contributed by atoms with Crippen LogP contribution in [0.25, 0.3) is 50.3 Å². The first kappa shape index (κ1) is 30.3. The van der Waals surface area contributed by atoms with Crippen molar-refractivity contribution in [1.29, 1.82) is 0 Å². The number of Topliss-reactive ketones (excluding diaryl/α,β-unsaturated/α-hetero) is 1. The number of para-hydroxylation sites is 1. The van der Waals surface area contributed by atoms with Crippen molar-refractivity contribution in [3.63, 3.8) is 0 Å². The molecular formula is C37H34N6O3Si. The van der Waals surface area contributed by atoms with E-state index in [1.165, 1.54) is 11.8 Å². The fourth-order valence-electron chi connectivity index (χ4n) is 5.97. The molecule has 9 nitrogen and oxygen atoms in total. The molecule has 0 radical (unpaired) electrons. The molecule has 7 rings (SSSR count). The molecule has 0 bridgehead atoms. The SMILES string of the molecule is CC(=O)N1C(=Cc2nc3ccc(-c4nnnn4COCC[Si](C)(C)C)cc3cc2-c2cccc3ccccc23)C(=O)c2ccccc21. The van der Waals surface area contributed by atoms with Gasteiger partial charge in [0.25, 0.3) is 0 Å². The Bertz CT molecular complexity index is 2210. The third-order valence-corrected chi connectivity index (χ3v) is 10.1. The van der Waals surface area contributed by atoms with Gasteiger partial charge in [0.1, 0.15) is 6.73 Å². The van der Waals surface area contributed by atoms with Crippen LogP contribution in [-0.2, 0) is 16.3 Å². The van der Waals surface area contributed by atoms with Crippen LogP contribution in [0.2, 0.25) is 25.7 Å². The number of nitrogens with zero attached hydrogens (tertiary/aromatic N) is 6. The number of fused-ring (bicyclic) bond motifs is 3. The standard InChI is InChI=1S/C37H34N6O3Si/c1-24(44)43-34-15-8-7-13-30(34)36(45)35(43)22-33-31(29-14-9-11-25-10-5-6-12-28(25)29)21-27-20-26(16-17-32(27)38-33)37-39-40-41-42(37)23-46-18-19-47(2,3)4/h5-17,20-22H,18-19,23H2,1-4H3. The minimum absolute atomic E-state index is 0.212. The molecular weight excluding hydrogens is 605 g/mol. The number of benzene rings is 4. The van der Waals surface area contributed by atoms with Crippen LogP contribution in [0.1, 0.15) is 23.0 Å². The van der Waals surface area contributed by atoms with Gasteiger partial charge in [0.15, 0.2) is 5.82 Å². The smallest absolute Gasteiger partial charge is 0.228 e. The van der Waals surface area contributed by atoms with Crippen molar-refractivity contribution in [3.05, 3.63) is 108 Å². The molecule has 1 aliphatic heterocycles. The molecule has 0 saturated heterocycles. The number of ketones is 1. The van der Waals surface area contributed by atoms with Gasteiger partial charge < -0.3 is 4.74 Å². The van der Waals surface area contributed by atoms with E-state index in [0.29, 0.717) is 29.4 Å². The van der Waals surface area contributed by atoms with Crippen LogP contribution >= 0.6 is 0 Å². The van der Waals surface area contributed by atoms with Gasteiger partial charge >= 0.3 is 0 Å². The molecule has 6 aromatic rings. The van der Waals surface area contributed by atoms with Crippen LogP contribution in [0.15, 0.2) is 96.7 Å². The summed E-state index contributed by atoms with van der Waals surface area (Å²) in [6.07, 6.45) is 1.74. The lowest BCUT2D eigenvalue weighted by atomic mass is 9.95. The van der Waals surface area contributed by atoms with Gasteiger partial charge in [-0.3, -0.25) is 14.5 Å². The second kappa shape index (κ2) is 12.1. The first-order chi connectivity index (χ1) is 22.7. The Hall–Kier alpha value is -5.32. The number of rotatable bonds is 8. The second-order valence-corrected chi connectivity index (χ2v) is 18.6. The van der Waals surface area contributed by atoms with Crippen LogP contribution in [0.5, 0.6) is 0 Å². The largest absolute Gasteiger partial charge is 0.359 e. The number of anilines is 1. The zero-order chi connectivity index (χ0) is 32.7. The van der Waals surface area contributed by atoms with E-state index >= 15 is 0 Å². The molecule has 1 aliphatic rings. The Kier molecular flexibility index (Phi) is 7.83. The van der Waals surface area contributed by atoms with Gasteiger partial charge in [-0.05, 0) is 75.3 Å². The molecule has 1 amide bonds. The van der Waals surface area contributed by atoms with E-state index in [1.807, 2.05) is 42.5 Å². The number of aromatic nitrogens is 5. The van der Waals surface area contributed by atoms with Gasteiger partial charge in [-0.15, -0.1) is 5.10 Å². The quantitative estimate of drug-likeness (QED) is 0.0960. The topological polar surface area (TPSA) is 103 Å². The highest BCUT2D eigenvalue weighted by Crippen LogP contribution is 2.38. The number of allylic oxidation sites excluding steroid dienone is 1. The summed E-state index contributed by atoms with van der Waals surface area (Å²) in [4.78, 5) is 33.1. The zero-order valence-corrected chi connectivity index (χ0v) is 27.8. The molecule has 10 heteroatoms. The number of pyridine rings is 1. The Labute approximate surface area is 273 Å². The summed E-state index contributed by atoms with van der Waals surface area (Å²) in [6, 6.07) is 30.5. The van der Waals surface area contributed by atoms with Crippen LogP contribution in [0.3, 0.4) is 0 Å². The van der Waals surface area contributed by atoms with E-state index in [0.717, 1.165) is 44.4 Å². The van der Waals surface area contributed by atoms with Crippen LogP contribution in [-0.4, -0.2) is 51.6 Å².